The van der Waals surface area contributed by atoms with Crippen LogP contribution in [0.4, 0.5) is 5.82 Å². The van der Waals surface area contributed by atoms with E-state index in [1.807, 2.05) is 5.38 Å². The summed E-state index contributed by atoms with van der Waals surface area (Å²) in [5.74, 6) is 1.40. The maximum absolute atomic E-state index is 5.53. The van der Waals surface area contributed by atoms with Crippen molar-refractivity contribution in [3.63, 3.8) is 0 Å². The molecule has 1 saturated heterocycles. The molecule has 18 heavy (non-hydrogen) atoms. The minimum Gasteiger partial charge on any atom is -0.380 e. The monoisotopic (exact) mass is 264 g/mol. The molecular formula is C12H16N4OS. The highest BCUT2D eigenvalue weighted by Gasteiger charge is 2.13. The van der Waals surface area contributed by atoms with Gasteiger partial charge in [0.2, 0.25) is 0 Å². The Kier molecular flexibility index (Phi) is 3.68. The summed E-state index contributed by atoms with van der Waals surface area (Å²) >= 11 is 1.64. The highest BCUT2D eigenvalue weighted by molar-refractivity contribution is 7.16. The van der Waals surface area contributed by atoms with Crippen LogP contribution in [0.2, 0.25) is 0 Å². The zero-order valence-corrected chi connectivity index (χ0v) is 10.9. The molecule has 0 radical (unpaired) electrons. The lowest BCUT2D eigenvalue weighted by Crippen LogP contribution is -2.28. The molecule has 0 saturated carbocycles. The smallest absolute Gasteiger partial charge is 0.138 e. The molecule has 0 bridgehead atoms. The molecule has 6 heteroatoms. The molecule has 1 aliphatic rings. The summed E-state index contributed by atoms with van der Waals surface area (Å²) in [6.45, 7) is 4.41. The molecule has 1 aliphatic heterocycles. The van der Waals surface area contributed by atoms with E-state index in [4.69, 9.17) is 4.74 Å². The Labute approximate surface area is 110 Å². The van der Waals surface area contributed by atoms with Gasteiger partial charge < -0.3 is 15.4 Å². The van der Waals surface area contributed by atoms with Crippen LogP contribution in [-0.4, -0.2) is 42.8 Å². The van der Waals surface area contributed by atoms with E-state index in [9.17, 15) is 0 Å². The van der Waals surface area contributed by atoms with Crippen LogP contribution in [0.3, 0.4) is 0 Å². The van der Waals surface area contributed by atoms with Gasteiger partial charge in [0.25, 0.3) is 0 Å². The normalized spacial score (nSPS) is 20.8. The van der Waals surface area contributed by atoms with Crippen molar-refractivity contribution in [1.82, 2.24) is 15.3 Å². The third-order valence-electron chi connectivity index (χ3n) is 3.03. The van der Waals surface area contributed by atoms with E-state index in [2.05, 4.69) is 26.7 Å². The second-order valence-corrected chi connectivity index (χ2v) is 5.28. The summed E-state index contributed by atoms with van der Waals surface area (Å²) < 4.78 is 5.53. The summed E-state index contributed by atoms with van der Waals surface area (Å²) in [6.07, 6.45) is 1.61. The Balaban J connectivity index is 1.67. The number of nitrogens with one attached hydrogen (secondary N) is 2. The SMILES string of the molecule is c1nc(NCC2CNCCOC2)c2ccsc2n1. The Morgan fingerprint density at radius 3 is 3.50 bits per heavy atom. The van der Waals surface area contributed by atoms with Crippen molar-refractivity contribution >= 4 is 27.4 Å². The van der Waals surface area contributed by atoms with Gasteiger partial charge >= 0.3 is 0 Å². The Hall–Kier alpha value is -1.24. The fourth-order valence-corrected chi connectivity index (χ4v) is 2.80. The van der Waals surface area contributed by atoms with Crippen molar-refractivity contribution in [2.75, 3.05) is 38.2 Å². The number of aromatic nitrogens is 2. The number of nitrogens with zero attached hydrogens (tertiary/aromatic N) is 2. The van der Waals surface area contributed by atoms with Crippen molar-refractivity contribution in [3.05, 3.63) is 17.8 Å². The van der Waals surface area contributed by atoms with Crippen molar-refractivity contribution in [3.8, 4) is 0 Å². The molecular weight excluding hydrogens is 248 g/mol. The van der Waals surface area contributed by atoms with Gasteiger partial charge in [0.05, 0.1) is 18.6 Å². The summed E-state index contributed by atoms with van der Waals surface area (Å²) in [7, 11) is 0. The van der Waals surface area contributed by atoms with Gasteiger partial charge in [0, 0.05) is 25.6 Å². The van der Waals surface area contributed by atoms with Crippen LogP contribution in [0.15, 0.2) is 17.8 Å². The lowest BCUT2D eigenvalue weighted by Gasteiger charge is -2.15. The first-order valence-corrected chi connectivity index (χ1v) is 7.02. The van der Waals surface area contributed by atoms with E-state index in [1.165, 1.54) is 0 Å². The van der Waals surface area contributed by atoms with E-state index < -0.39 is 0 Å². The Morgan fingerprint density at radius 2 is 2.50 bits per heavy atom. The zero-order chi connectivity index (χ0) is 12.2. The number of rotatable bonds is 3. The second-order valence-electron chi connectivity index (χ2n) is 4.39. The minimum absolute atomic E-state index is 0.483. The molecule has 1 fully saturated rings. The van der Waals surface area contributed by atoms with Crippen LogP contribution in [0.25, 0.3) is 10.2 Å². The molecule has 2 aromatic heterocycles. The predicted octanol–water partition coefficient (Wildman–Crippen LogP) is 1.34. The third-order valence-corrected chi connectivity index (χ3v) is 3.85. The van der Waals surface area contributed by atoms with Crippen LogP contribution in [-0.2, 0) is 4.74 Å². The average Bonchev–Trinajstić information content (AvgIpc) is 2.73. The lowest BCUT2D eigenvalue weighted by molar-refractivity contribution is 0.127. The van der Waals surface area contributed by atoms with E-state index in [0.717, 1.165) is 48.9 Å². The molecule has 3 rings (SSSR count). The quantitative estimate of drug-likeness (QED) is 0.876. The summed E-state index contributed by atoms with van der Waals surface area (Å²) in [4.78, 5) is 9.58. The summed E-state index contributed by atoms with van der Waals surface area (Å²) in [6, 6.07) is 2.06. The number of fused-ring (bicyclic) bond motifs is 1. The largest absolute Gasteiger partial charge is 0.380 e. The Bertz CT molecular complexity index is 508. The summed E-state index contributed by atoms with van der Waals surface area (Å²) in [5, 5.41) is 9.92. The van der Waals surface area contributed by atoms with Gasteiger partial charge in [-0.1, -0.05) is 0 Å². The number of hydrogen-bond donors (Lipinski definition) is 2. The second kappa shape index (κ2) is 5.60. The van der Waals surface area contributed by atoms with Crippen LogP contribution in [0.5, 0.6) is 0 Å². The third kappa shape index (κ3) is 2.60. The van der Waals surface area contributed by atoms with Crippen LogP contribution >= 0.6 is 11.3 Å². The Morgan fingerprint density at radius 1 is 1.50 bits per heavy atom. The van der Waals surface area contributed by atoms with Gasteiger partial charge in [-0.3, -0.25) is 0 Å². The molecule has 5 nitrogen and oxygen atoms in total. The summed E-state index contributed by atoms with van der Waals surface area (Å²) in [5.41, 5.74) is 0. The minimum atomic E-state index is 0.483. The van der Waals surface area contributed by atoms with Gasteiger partial charge in [0.1, 0.15) is 17.0 Å². The van der Waals surface area contributed by atoms with Gasteiger partial charge in [-0.15, -0.1) is 11.3 Å². The molecule has 0 aliphatic carbocycles. The van der Waals surface area contributed by atoms with Crippen molar-refractivity contribution in [1.29, 1.82) is 0 Å². The molecule has 2 N–H and O–H groups in total. The fraction of sp³-hybridized carbons (Fsp3) is 0.500. The number of ether oxygens (including phenoxy) is 1. The zero-order valence-electron chi connectivity index (χ0n) is 10.1. The van der Waals surface area contributed by atoms with Crippen LogP contribution in [0, 0.1) is 5.92 Å². The van der Waals surface area contributed by atoms with E-state index in [0.29, 0.717) is 5.92 Å². The highest BCUT2D eigenvalue weighted by atomic mass is 32.1. The first-order chi connectivity index (χ1) is 8.93. The predicted molar refractivity (Wildman–Crippen MR) is 73.1 cm³/mol. The van der Waals surface area contributed by atoms with Crippen molar-refractivity contribution < 1.29 is 4.74 Å². The van der Waals surface area contributed by atoms with Crippen LogP contribution in [0.1, 0.15) is 0 Å². The first kappa shape index (κ1) is 11.8. The molecule has 0 spiro atoms. The van der Waals surface area contributed by atoms with E-state index in [-0.39, 0.29) is 0 Å². The number of anilines is 1. The van der Waals surface area contributed by atoms with E-state index in [1.54, 1.807) is 17.7 Å². The number of thiophene rings is 1. The van der Waals surface area contributed by atoms with Crippen molar-refractivity contribution in [2.24, 2.45) is 5.92 Å². The average molecular weight is 264 g/mol. The number of hydrogen-bond acceptors (Lipinski definition) is 6. The maximum Gasteiger partial charge on any atom is 0.138 e. The molecule has 1 unspecified atom stereocenters. The van der Waals surface area contributed by atoms with Gasteiger partial charge in [0.15, 0.2) is 0 Å². The maximum atomic E-state index is 5.53. The fourth-order valence-electron chi connectivity index (χ4n) is 2.06. The first-order valence-electron chi connectivity index (χ1n) is 6.14. The van der Waals surface area contributed by atoms with Crippen LogP contribution < -0.4 is 10.6 Å². The molecule has 1 atom stereocenters. The standard InChI is InChI=1S/C12H16N4OS/c1-4-18-12-10(1)11(15-8-16-12)14-6-9-5-13-2-3-17-7-9/h1,4,8-9,13H,2-3,5-7H2,(H,14,15,16). The molecule has 3 heterocycles. The molecule has 96 valence electrons. The lowest BCUT2D eigenvalue weighted by atomic mass is 10.1. The molecule has 0 aromatic carbocycles. The van der Waals surface area contributed by atoms with Gasteiger partial charge in [-0.2, -0.15) is 0 Å². The van der Waals surface area contributed by atoms with Gasteiger partial charge in [-0.25, -0.2) is 9.97 Å². The highest BCUT2D eigenvalue weighted by Crippen LogP contribution is 2.23. The van der Waals surface area contributed by atoms with Gasteiger partial charge in [-0.05, 0) is 11.4 Å². The topological polar surface area (TPSA) is 59.1 Å². The van der Waals surface area contributed by atoms with Crippen molar-refractivity contribution in [2.45, 2.75) is 0 Å². The molecule has 0 amide bonds. The molecule has 2 aromatic rings. The van der Waals surface area contributed by atoms with E-state index >= 15 is 0 Å².